The van der Waals surface area contributed by atoms with Crippen LogP contribution < -0.4 is 4.72 Å². The molecule has 26 heavy (non-hydrogen) atoms. The minimum atomic E-state index is -3.69. The standard InChI is InChI=1S/C19H23ClN2O3S/c1-15-7-8-19(17(20)13-15)26(23,24)21-14-18(16-5-3-2-4-6-16)22-9-11-25-12-10-22/h2-8,13,18,21H,9-12,14H2,1H3/t18-/m0/s1. The minimum absolute atomic E-state index is 0.0564. The molecule has 0 spiro atoms. The van der Waals surface area contributed by atoms with Gasteiger partial charge in [0.05, 0.1) is 18.2 Å². The number of nitrogens with one attached hydrogen (secondary N) is 1. The fraction of sp³-hybridized carbons (Fsp3) is 0.368. The zero-order valence-electron chi connectivity index (χ0n) is 14.7. The van der Waals surface area contributed by atoms with Crippen LogP contribution in [-0.4, -0.2) is 46.2 Å². The van der Waals surface area contributed by atoms with Crippen molar-refractivity contribution in [2.75, 3.05) is 32.8 Å². The molecular weight excluding hydrogens is 372 g/mol. The van der Waals surface area contributed by atoms with Crippen molar-refractivity contribution in [1.82, 2.24) is 9.62 Å². The number of ether oxygens (including phenoxy) is 1. The predicted molar refractivity (Wildman–Crippen MR) is 103 cm³/mol. The van der Waals surface area contributed by atoms with E-state index in [-0.39, 0.29) is 22.5 Å². The van der Waals surface area contributed by atoms with Crippen molar-refractivity contribution in [2.45, 2.75) is 17.9 Å². The summed E-state index contributed by atoms with van der Waals surface area (Å²) < 4.78 is 33.7. The van der Waals surface area contributed by atoms with Crippen molar-refractivity contribution < 1.29 is 13.2 Å². The van der Waals surface area contributed by atoms with Crippen LogP contribution in [0.5, 0.6) is 0 Å². The molecule has 0 radical (unpaired) electrons. The second-order valence-corrected chi connectivity index (χ2v) is 8.50. The van der Waals surface area contributed by atoms with Crippen molar-refractivity contribution in [3.8, 4) is 0 Å². The van der Waals surface area contributed by atoms with E-state index in [0.29, 0.717) is 13.2 Å². The lowest BCUT2D eigenvalue weighted by Gasteiger charge is -2.34. The summed E-state index contributed by atoms with van der Waals surface area (Å²) in [5, 5.41) is 0.236. The first kappa shape index (κ1) is 19.3. The Balaban J connectivity index is 1.80. The highest BCUT2D eigenvalue weighted by Gasteiger charge is 2.25. The zero-order valence-corrected chi connectivity index (χ0v) is 16.3. The molecular formula is C19H23ClN2O3S. The Kier molecular flexibility index (Phi) is 6.32. The molecule has 0 amide bonds. The summed E-state index contributed by atoms with van der Waals surface area (Å²) in [6.07, 6.45) is 0. The number of nitrogens with zero attached hydrogens (tertiary/aromatic N) is 1. The number of sulfonamides is 1. The van der Waals surface area contributed by atoms with Gasteiger partial charge in [-0.2, -0.15) is 0 Å². The first-order valence-electron chi connectivity index (χ1n) is 8.60. The van der Waals surface area contributed by atoms with E-state index in [1.54, 1.807) is 18.2 Å². The number of hydrogen-bond donors (Lipinski definition) is 1. The van der Waals surface area contributed by atoms with Crippen LogP contribution in [0.15, 0.2) is 53.4 Å². The van der Waals surface area contributed by atoms with E-state index >= 15 is 0 Å². The first-order valence-corrected chi connectivity index (χ1v) is 10.5. The van der Waals surface area contributed by atoms with E-state index in [1.807, 2.05) is 37.3 Å². The average molecular weight is 395 g/mol. The van der Waals surface area contributed by atoms with E-state index in [0.717, 1.165) is 24.2 Å². The molecule has 0 saturated carbocycles. The molecule has 140 valence electrons. The van der Waals surface area contributed by atoms with Gasteiger partial charge in [-0.3, -0.25) is 4.90 Å². The van der Waals surface area contributed by atoms with Crippen molar-refractivity contribution >= 4 is 21.6 Å². The Hall–Kier alpha value is -1.44. The SMILES string of the molecule is Cc1ccc(S(=O)(=O)NC[C@@H](c2ccccc2)N2CCOCC2)c(Cl)c1. The van der Waals surface area contributed by atoms with E-state index in [2.05, 4.69) is 9.62 Å². The highest BCUT2D eigenvalue weighted by Crippen LogP contribution is 2.25. The number of rotatable bonds is 6. The van der Waals surface area contributed by atoms with Crippen LogP contribution in [0.3, 0.4) is 0 Å². The van der Waals surface area contributed by atoms with Crippen LogP contribution in [0.1, 0.15) is 17.2 Å². The highest BCUT2D eigenvalue weighted by atomic mass is 35.5. The van der Waals surface area contributed by atoms with Gasteiger partial charge in [0, 0.05) is 25.7 Å². The maximum absolute atomic E-state index is 12.7. The van der Waals surface area contributed by atoms with E-state index < -0.39 is 10.0 Å². The predicted octanol–water partition coefficient (Wildman–Crippen LogP) is 3.00. The molecule has 1 saturated heterocycles. The molecule has 1 fully saturated rings. The molecule has 0 aliphatic carbocycles. The third-order valence-electron chi connectivity index (χ3n) is 4.51. The third-order valence-corrected chi connectivity index (χ3v) is 6.42. The summed E-state index contributed by atoms with van der Waals surface area (Å²) in [5.41, 5.74) is 2.00. The molecule has 1 aliphatic heterocycles. The van der Waals surface area contributed by atoms with Crippen molar-refractivity contribution in [3.05, 3.63) is 64.7 Å². The molecule has 2 aromatic carbocycles. The van der Waals surface area contributed by atoms with Gasteiger partial charge in [-0.25, -0.2) is 13.1 Å². The normalized spacial score (nSPS) is 17.2. The van der Waals surface area contributed by atoms with Crippen LogP contribution in [0.25, 0.3) is 0 Å². The molecule has 0 bridgehead atoms. The molecule has 0 unspecified atom stereocenters. The Bertz CT molecular complexity index is 837. The van der Waals surface area contributed by atoms with Crippen molar-refractivity contribution in [1.29, 1.82) is 0 Å². The van der Waals surface area contributed by atoms with Gasteiger partial charge in [-0.15, -0.1) is 0 Å². The van der Waals surface area contributed by atoms with Crippen LogP contribution in [-0.2, 0) is 14.8 Å². The summed E-state index contributed by atoms with van der Waals surface area (Å²) >= 11 is 6.15. The Morgan fingerprint density at radius 3 is 2.50 bits per heavy atom. The molecule has 2 aromatic rings. The van der Waals surface area contributed by atoms with Gasteiger partial charge in [-0.1, -0.05) is 48.0 Å². The average Bonchev–Trinajstić information content (AvgIpc) is 2.63. The number of benzene rings is 2. The van der Waals surface area contributed by atoms with Gasteiger partial charge in [0.25, 0.3) is 0 Å². The van der Waals surface area contributed by atoms with Gasteiger partial charge in [0.15, 0.2) is 0 Å². The number of aryl methyl sites for hydroxylation is 1. The summed E-state index contributed by atoms with van der Waals surface area (Å²) in [6.45, 7) is 5.00. The van der Waals surface area contributed by atoms with Crippen LogP contribution in [0.4, 0.5) is 0 Å². The Morgan fingerprint density at radius 2 is 1.85 bits per heavy atom. The maximum Gasteiger partial charge on any atom is 0.242 e. The van der Waals surface area contributed by atoms with Crippen LogP contribution in [0, 0.1) is 6.92 Å². The number of morpholine rings is 1. The molecule has 1 atom stereocenters. The molecule has 1 N–H and O–H groups in total. The second-order valence-electron chi connectivity index (χ2n) is 6.36. The molecule has 0 aromatic heterocycles. The van der Waals surface area contributed by atoms with Crippen LogP contribution >= 0.6 is 11.6 Å². The van der Waals surface area contributed by atoms with E-state index in [9.17, 15) is 8.42 Å². The molecule has 7 heteroatoms. The second kappa shape index (κ2) is 8.50. The van der Waals surface area contributed by atoms with Gasteiger partial charge < -0.3 is 4.74 Å². The largest absolute Gasteiger partial charge is 0.379 e. The lowest BCUT2D eigenvalue weighted by atomic mass is 10.1. The molecule has 5 nitrogen and oxygen atoms in total. The van der Waals surface area contributed by atoms with Crippen LogP contribution in [0.2, 0.25) is 5.02 Å². The topological polar surface area (TPSA) is 58.6 Å². The lowest BCUT2D eigenvalue weighted by molar-refractivity contribution is 0.0172. The van der Waals surface area contributed by atoms with E-state index in [1.165, 1.54) is 0 Å². The smallest absolute Gasteiger partial charge is 0.242 e. The van der Waals surface area contributed by atoms with Gasteiger partial charge >= 0.3 is 0 Å². The Labute approximate surface area is 160 Å². The monoisotopic (exact) mass is 394 g/mol. The minimum Gasteiger partial charge on any atom is -0.379 e. The van der Waals surface area contributed by atoms with Gasteiger partial charge in [-0.05, 0) is 30.2 Å². The summed E-state index contributed by atoms with van der Waals surface area (Å²) in [5.74, 6) is 0. The first-order chi connectivity index (χ1) is 12.5. The van der Waals surface area contributed by atoms with E-state index in [4.69, 9.17) is 16.3 Å². The molecule has 3 rings (SSSR count). The highest BCUT2D eigenvalue weighted by molar-refractivity contribution is 7.89. The number of hydrogen-bond acceptors (Lipinski definition) is 4. The fourth-order valence-electron chi connectivity index (χ4n) is 3.11. The lowest BCUT2D eigenvalue weighted by Crippen LogP contribution is -2.43. The molecule has 1 aliphatic rings. The van der Waals surface area contributed by atoms with Gasteiger partial charge in [0.2, 0.25) is 10.0 Å². The zero-order chi connectivity index (χ0) is 18.6. The maximum atomic E-state index is 12.7. The molecule has 1 heterocycles. The number of halogens is 1. The van der Waals surface area contributed by atoms with Crippen molar-refractivity contribution in [2.24, 2.45) is 0 Å². The Morgan fingerprint density at radius 1 is 1.15 bits per heavy atom. The van der Waals surface area contributed by atoms with Gasteiger partial charge in [0.1, 0.15) is 4.90 Å². The summed E-state index contributed by atoms with van der Waals surface area (Å²) in [6, 6.07) is 14.8. The third kappa shape index (κ3) is 4.64. The summed E-state index contributed by atoms with van der Waals surface area (Å²) in [4.78, 5) is 2.36. The quantitative estimate of drug-likeness (QED) is 0.818. The fourth-order valence-corrected chi connectivity index (χ4v) is 4.75. The van der Waals surface area contributed by atoms with Crippen molar-refractivity contribution in [3.63, 3.8) is 0 Å². The summed E-state index contributed by atoms with van der Waals surface area (Å²) in [7, 11) is -3.69.